The molecule has 0 saturated heterocycles. The highest BCUT2D eigenvalue weighted by Crippen LogP contribution is 2.22. The van der Waals surface area contributed by atoms with Crippen LogP contribution in [0.5, 0.6) is 0 Å². The minimum absolute atomic E-state index is 0.0625. The lowest BCUT2D eigenvalue weighted by Crippen LogP contribution is -2.22. The molecule has 19 heavy (non-hydrogen) atoms. The van der Waals surface area contributed by atoms with Crippen molar-refractivity contribution in [1.82, 2.24) is 5.32 Å². The maximum Gasteiger partial charge on any atom is 0.129 e. The fourth-order valence-electron chi connectivity index (χ4n) is 3.13. The SMILES string of the molecule is Cc1cc(CNCC2CCCCCC2)cc(C)c1F. The Labute approximate surface area is 116 Å². The van der Waals surface area contributed by atoms with E-state index in [1.807, 2.05) is 26.0 Å². The van der Waals surface area contributed by atoms with Crippen molar-refractivity contribution in [3.8, 4) is 0 Å². The van der Waals surface area contributed by atoms with Gasteiger partial charge in [-0.25, -0.2) is 4.39 Å². The van der Waals surface area contributed by atoms with Crippen molar-refractivity contribution in [2.75, 3.05) is 6.54 Å². The number of nitrogens with one attached hydrogen (secondary N) is 1. The maximum atomic E-state index is 13.5. The molecule has 2 heteroatoms. The minimum Gasteiger partial charge on any atom is -0.312 e. The van der Waals surface area contributed by atoms with Crippen molar-refractivity contribution < 1.29 is 4.39 Å². The lowest BCUT2D eigenvalue weighted by atomic mass is 10.0. The molecule has 106 valence electrons. The molecule has 1 aliphatic carbocycles. The van der Waals surface area contributed by atoms with Gasteiger partial charge in [-0.3, -0.25) is 0 Å². The van der Waals surface area contributed by atoms with Gasteiger partial charge >= 0.3 is 0 Å². The maximum absolute atomic E-state index is 13.5. The Morgan fingerprint density at radius 1 is 1.05 bits per heavy atom. The third-order valence-electron chi connectivity index (χ3n) is 4.23. The van der Waals surface area contributed by atoms with E-state index in [-0.39, 0.29) is 5.82 Å². The molecule has 0 radical (unpaired) electrons. The van der Waals surface area contributed by atoms with Gasteiger partial charge in [0.2, 0.25) is 0 Å². The Hall–Kier alpha value is -0.890. The van der Waals surface area contributed by atoms with Crippen LogP contribution in [0.25, 0.3) is 0 Å². The van der Waals surface area contributed by atoms with Crippen molar-refractivity contribution in [3.63, 3.8) is 0 Å². The summed E-state index contributed by atoms with van der Waals surface area (Å²) in [6, 6.07) is 3.92. The van der Waals surface area contributed by atoms with Crippen LogP contribution in [0.2, 0.25) is 0 Å². The van der Waals surface area contributed by atoms with Crippen LogP contribution in [0.3, 0.4) is 0 Å². The number of halogens is 1. The quantitative estimate of drug-likeness (QED) is 0.788. The first kappa shape index (κ1) is 14.5. The van der Waals surface area contributed by atoms with Gasteiger partial charge < -0.3 is 5.32 Å². The molecule has 2 rings (SSSR count). The molecule has 1 nitrogen and oxygen atoms in total. The molecule has 1 aromatic carbocycles. The van der Waals surface area contributed by atoms with E-state index in [2.05, 4.69) is 5.32 Å². The Kier molecular flexibility index (Phi) is 5.38. The van der Waals surface area contributed by atoms with Gasteiger partial charge in [0.15, 0.2) is 0 Å². The summed E-state index contributed by atoms with van der Waals surface area (Å²) in [5.41, 5.74) is 2.71. The minimum atomic E-state index is -0.0625. The summed E-state index contributed by atoms with van der Waals surface area (Å²) in [7, 11) is 0. The predicted molar refractivity (Wildman–Crippen MR) is 78.8 cm³/mol. The molecule has 0 spiro atoms. The van der Waals surface area contributed by atoms with Crippen LogP contribution < -0.4 is 5.32 Å². The molecule has 0 bridgehead atoms. The van der Waals surface area contributed by atoms with Crippen LogP contribution >= 0.6 is 0 Å². The van der Waals surface area contributed by atoms with Gasteiger partial charge in [0.1, 0.15) is 5.82 Å². The van der Waals surface area contributed by atoms with E-state index in [0.29, 0.717) is 0 Å². The van der Waals surface area contributed by atoms with Crippen LogP contribution in [0.1, 0.15) is 55.2 Å². The zero-order chi connectivity index (χ0) is 13.7. The van der Waals surface area contributed by atoms with Crippen molar-refractivity contribution >= 4 is 0 Å². The van der Waals surface area contributed by atoms with E-state index >= 15 is 0 Å². The summed E-state index contributed by atoms with van der Waals surface area (Å²) in [6.45, 7) is 5.65. The topological polar surface area (TPSA) is 12.0 Å². The first-order chi connectivity index (χ1) is 9.16. The molecule has 1 saturated carbocycles. The molecule has 1 aromatic rings. The molecule has 0 heterocycles. The smallest absolute Gasteiger partial charge is 0.129 e. The van der Waals surface area contributed by atoms with Gasteiger partial charge in [0.05, 0.1) is 0 Å². The molecule has 0 atom stereocenters. The molecule has 1 N–H and O–H groups in total. The molecule has 0 aliphatic heterocycles. The van der Waals surface area contributed by atoms with Crippen molar-refractivity contribution in [2.45, 2.75) is 58.9 Å². The van der Waals surface area contributed by atoms with Crippen molar-refractivity contribution in [2.24, 2.45) is 5.92 Å². The number of benzene rings is 1. The second-order valence-electron chi connectivity index (χ2n) is 6.03. The molecule has 1 aliphatic rings. The van der Waals surface area contributed by atoms with Gasteiger partial charge in [0.25, 0.3) is 0 Å². The van der Waals surface area contributed by atoms with E-state index in [0.717, 1.165) is 30.1 Å². The summed E-state index contributed by atoms with van der Waals surface area (Å²) in [5.74, 6) is 0.776. The summed E-state index contributed by atoms with van der Waals surface area (Å²) in [5, 5.41) is 3.55. The zero-order valence-electron chi connectivity index (χ0n) is 12.3. The third-order valence-corrected chi connectivity index (χ3v) is 4.23. The molecule has 0 amide bonds. The number of rotatable bonds is 4. The molecule has 0 aromatic heterocycles. The summed E-state index contributed by atoms with van der Waals surface area (Å²) < 4.78 is 13.5. The van der Waals surface area contributed by atoms with Crippen LogP contribution in [-0.2, 0) is 6.54 Å². The lowest BCUT2D eigenvalue weighted by Gasteiger charge is -2.15. The van der Waals surface area contributed by atoms with Crippen molar-refractivity contribution in [1.29, 1.82) is 0 Å². The summed E-state index contributed by atoms with van der Waals surface area (Å²) in [4.78, 5) is 0. The molecular formula is C17H26FN. The first-order valence-electron chi connectivity index (χ1n) is 7.63. The van der Waals surface area contributed by atoms with E-state index in [9.17, 15) is 4.39 Å². The van der Waals surface area contributed by atoms with Crippen LogP contribution in [0, 0.1) is 25.6 Å². The fraction of sp³-hybridized carbons (Fsp3) is 0.647. The highest BCUT2D eigenvalue weighted by Gasteiger charge is 2.11. The Morgan fingerprint density at radius 3 is 2.21 bits per heavy atom. The van der Waals surface area contributed by atoms with E-state index < -0.39 is 0 Å². The van der Waals surface area contributed by atoms with Crippen molar-refractivity contribution in [3.05, 3.63) is 34.6 Å². The molecular weight excluding hydrogens is 237 g/mol. The Bertz CT molecular complexity index is 383. The zero-order valence-corrected chi connectivity index (χ0v) is 12.3. The number of hydrogen-bond acceptors (Lipinski definition) is 1. The van der Waals surface area contributed by atoms with Crippen LogP contribution in [-0.4, -0.2) is 6.54 Å². The predicted octanol–water partition coefficient (Wildman–Crippen LogP) is 4.50. The Balaban J connectivity index is 1.82. The Morgan fingerprint density at radius 2 is 1.63 bits per heavy atom. The van der Waals surface area contributed by atoms with Crippen LogP contribution in [0.15, 0.2) is 12.1 Å². The number of hydrogen-bond donors (Lipinski definition) is 1. The van der Waals surface area contributed by atoms with Gasteiger partial charge in [-0.2, -0.15) is 0 Å². The highest BCUT2D eigenvalue weighted by atomic mass is 19.1. The van der Waals surface area contributed by atoms with Crippen LogP contribution in [0.4, 0.5) is 4.39 Å². The average Bonchev–Trinajstić information content (AvgIpc) is 2.64. The van der Waals surface area contributed by atoms with E-state index in [1.54, 1.807) is 0 Å². The van der Waals surface area contributed by atoms with E-state index in [1.165, 1.54) is 44.1 Å². The normalized spacial score (nSPS) is 17.4. The summed E-state index contributed by atoms with van der Waals surface area (Å²) in [6.07, 6.45) is 8.34. The second-order valence-corrected chi connectivity index (χ2v) is 6.03. The van der Waals surface area contributed by atoms with Gasteiger partial charge in [-0.1, -0.05) is 37.8 Å². The van der Waals surface area contributed by atoms with Gasteiger partial charge in [0, 0.05) is 6.54 Å². The molecule has 1 fully saturated rings. The van der Waals surface area contributed by atoms with Gasteiger partial charge in [-0.05, 0) is 55.8 Å². The van der Waals surface area contributed by atoms with E-state index in [4.69, 9.17) is 0 Å². The number of aryl methyl sites for hydroxylation is 2. The monoisotopic (exact) mass is 263 g/mol. The standard InChI is InChI=1S/C17H26FN/c1-13-9-16(10-14(2)17(13)18)12-19-11-15-7-5-3-4-6-8-15/h9-10,15,19H,3-8,11-12H2,1-2H3. The summed E-state index contributed by atoms with van der Waals surface area (Å²) >= 11 is 0. The average molecular weight is 263 g/mol. The largest absolute Gasteiger partial charge is 0.312 e. The molecule has 0 unspecified atom stereocenters. The lowest BCUT2D eigenvalue weighted by molar-refractivity contribution is 0.425. The first-order valence-corrected chi connectivity index (χ1v) is 7.63. The van der Waals surface area contributed by atoms with Gasteiger partial charge in [-0.15, -0.1) is 0 Å². The fourth-order valence-corrected chi connectivity index (χ4v) is 3.13. The highest BCUT2D eigenvalue weighted by molar-refractivity contribution is 5.30. The second kappa shape index (κ2) is 7.04. The third kappa shape index (κ3) is 4.31.